The van der Waals surface area contributed by atoms with E-state index in [1.165, 1.54) is 4.90 Å². The highest BCUT2D eigenvalue weighted by atomic mass is 32.2. The molecule has 0 aromatic rings. The fraction of sp³-hybridized carbons (Fsp3) is 0.750. The monoisotopic (exact) mass is 553 g/mol. The van der Waals surface area contributed by atoms with Gasteiger partial charge < -0.3 is 25.7 Å². The summed E-state index contributed by atoms with van der Waals surface area (Å²) in [4.78, 5) is 55.1. The number of allylic oxidation sites excluding steroid dienone is 1. The van der Waals surface area contributed by atoms with Gasteiger partial charge in [-0.3, -0.25) is 24.0 Å². The Kier molecular flexibility index (Phi) is 7.16. The van der Waals surface area contributed by atoms with Crippen molar-refractivity contribution in [3.63, 3.8) is 0 Å². The lowest BCUT2D eigenvalue weighted by Gasteiger charge is -2.32. The molecular weight excluding hydrogens is 518 g/mol. The Morgan fingerprint density at radius 3 is 2.53 bits per heavy atom. The third-order valence-electron chi connectivity index (χ3n) is 8.09. The first-order valence-corrected chi connectivity index (χ1v) is 14.8. The average Bonchev–Trinajstić information content (AvgIpc) is 3.70. The highest BCUT2D eigenvalue weighted by Crippen LogP contribution is 2.46. The molecule has 2 aliphatic heterocycles. The van der Waals surface area contributed by atoms with Gasteiger partial charge in [0, 0.05) is 31.5 Å². The van der Waals surface area contributed by atoms with Crippen molar-refractivity contribution in [3.8, 4) is 0 Å². The van der Waals surface area contributed by atoms with Crippen LogP contribution in [0.5, 0.6) is 0 Å². The van der Waals surface area contributed by atoms with Crippen LogP contribution in [0, 0.1) is 5.92 Å². The van der Waals surface area contributed by atoms with Gasteiger partial charge in [-0.15, -0.1) is 0 Å². The third-order valence-corrected chi connectivity index (χ3v) is 9.91. The van der Waals surface area contributed by atoms with E-state index in [4.69, 9.17) is 0 Å². The zero-order chi connectivity index (χ0) is 27.2. The maximum absolute atomic E-state index is 13.6. The number of carboxylic acid groups (broad SMARTS) is 1. The van der Waals surface area contributed by atoms with Crippen molar-refractivity contribution < 1.29 is 37.8 Å². The number of fused-ring (bicyclic) bond motifs is 2. The predicted molar refractivity (Wildman–Crippen MR) is 133 cm³/mol. The van der Waals surface area contributed by atoms with Gasteiger partial charge in [0.2, 0.25) is 21.8 Å². The Labute approximate surface area is 221 Å². The van der Waals surface area contributed by atoms with E-state index in [-0.39, 0.29) is 32.0 Å². The van der Waals surface area contributed by atoms with E-state index < -0.39 is 68.7 Å². The minimum absolute atomic E-state index is 0.0811. The van der Waals surface area contributed by atoms with Gasteiger partial charge in [0.1, 0.15) is 17.6 Å². The third kappa shape index (κ3) is 5.66. The molecule has 4 fully saturated rings. The van der Waals surface area contributed by atoms with Crippen molar-refractivity contribution >= 4 is 33.8 Å². The molecule has 0 bridgehead atoms. The SMILES string of the molecule is O=C(O)N[C@H]1CN(C2CC2)CCC/C=C\[C@@H]2C[C@@]2(C(=O)NS(=O)(=O)C2CC2)NC(=O)[C@@H]2C[C@@H](O)CN2C1=O. The quantitative estimate of drug-likeness (QED) is 0.263. The van der Waals surface area contributed by atoms with Gasteiger partial charge in [0.15, 0.2) is 0 Å². The normalized spacial score (nSPS) is 35.7. The minimum Gasteiger partial charge on any atom is -0.465 e. The zero-order valence-electron chi connectivity index (χ0n) is 21.0. The van der Waals surface area contributed by atoms with E-state index in [9.17, 15) is 37.8 Å². The summed E-state index contributed by atoms with van der Waals surface area (Å²) in [6.45, 7) is 0.629. The van der Waals surface area contributed by atoms with Crippen LogP contribution in [0.15, 0.2) is 12.2 Å². The van der Waals surface area contributed by atoms with Crippen LogP contribution in [0.4, 0.5) is 4.79 Å². The Morgan fingerprint density at radius 2 is 1.87 bits per heavy atom. The number of carbonyl (C=O) groups is 4. The van der Waals surface area contributed by atoms with Gasteiger partial charge in [-0.2, -0.15) is 0 Å². The molecule has 1 saturated heterocycles. The lowest BCUT2D eigenvalue weighted by atomic mass is 10.1. The molecule has 3 aliphatic carbocycles. The molecule has 5 N–H and O–H groups in total. The van der Waals surface area contributed by atoms with E-state index in [0.717, 1.165) is 19.3 Å². The lowest BCUT2D eigenvalue weighted by Crippen LogP contribution is -2.59. The summed E-state index contributed by atoms with van der Waals surface area (Å²) in [6.07, 6.45) is 5.77. The van der Waals surface area contributed by atoms with Crippen LogP contribution < -0.4 is 15.4 Å². The second-order valence-corrected chi connectivity index (χ2v) is 13.1. The molecule has 0 aromatic heterocycles. The van der Waals surface area contributed by atoms with Gasteiger partial charge in [0.05, 0.1) is 11.4 Å². The fourth-order valence-electron chi connectivity index (χ4n) is 5.58. The molecule has 5 rings (SSSR count). The van der Waals surface area contributed by atoms with Gasteiger partial charge >= 0.3 is 6.09 Å². The van der Waals surface area contributed by atoms with Gasteiger partial charge in [-0.1, -0.05) is 12.2 Å². The summed E-state index contributed by atoms with van der Waals surface area (Å²) < 4.78 is 27.1. The van der Waals surface area contributed by atoms with Crippen LogP contribution in [-0.2, 0) is 24.4 Å². The zero-order valence-corrected chi connectivity index (χ0v) is 21.9. The number of sulfonamides is 1. The molecule has 210 valence electrons. The number of hydrogen-bond donors (Lipinski definition) is 5. The van der Waals surface area contributed by atoms with Crippen LogP contribution in [0.25, 0.3) is 0 Å². The van der Waals surface area contributed by atoms with Crippen molar-refractivity contribution in [2.75, 3.05) is 19.6 Å². The van der Waals surface area contributed by atoms with Gasteiger partial charge in [-0.25, -0.2) is 13.2 Å². The predicted octanol–water partition coefficient (Wildman–Crippen LogP) is -1.12. The second kappa shape index (κ2) is 10.1. The summed E-state index contributed by atoms with van der Waals surface area (Å²) in [7, 11) is -3.84. The summed E-state index contributed by atoms with van der Waals surface area (Å²) in [5, 5.41) is 24.2. The molecule has 13 nitrogen and oxygen atoms in total. The number of nitrogens with one attached hydrogen (secondary N) is 3. The van der Waals surface area contributed by atoms with E-state index in [2.05, 4.69) is 20.3 Å². The lowest BCUT2D eigenvalue weighted by molar-refractivity contribution is -0.141. The molecule has 4 amide bonds. The van der Waals surface area contributed by atoms with Crippen molar-refractivity contribution in [2.24, 2.45) is 5.92 Å². The molecule has 0 aromatic carbocycles. The van der Waals surface area contributed by atoms with Crippen molar-refractivity contribution in [1.29, 1.82) is 0 Å². The van der Waals surface area contributed by atoms with E-state index in [0.29, 0.717) is 25.8 Å². The largest absolute Gasteiger partial charge is 0.465 e. The number of aliphatic hydroxyl groups excluding tert-OH is 1. The fourth-order valence-corrected chi connectivity index (χ4v) is 6.94. The van der Waals surface area contributed by atoms with Gasteiger partial charge in [0.25, 0.3) is 5.91 Å². The number of amides is 4. The molecule has 3 saturated carbocycles. The van der Waals surface area contributed by atoms with Crippen LogP contribution in [0.1, 0.15) is 51.4 Å². The number of nitrogens with zero attached hydrogens (tertiary/aromatic N) is 2. The molecule has 2 heterocycles. The maximum atomic E-state index is 13.6. The summed E-state index contributed by atoms with van der Waals surface area (Å²) in [5.74, 6) is -2.53. The number of aliphatic hydroxyl groups is 1. The first kappa shape index (κ1) is 26.9. The number of carbonyl (C=O) groups excluding carboxylic acids is 3. The standard InChI is InChI=1S/C24H35N5O8S/c30-16-10-19-20(31)26-24(22(33)27-38(36,37)17-7-8-17)11-14(24)4-2-1-3-9-28(15-5-6-15)13-18(25-23(34)35)21(32)29(19)12-16/h2,4,14-19,25,30H,1,3,5-13H2,(H,26,31)(H,27,33)(H,34,35)/b4-2-/t14-,16-,18+,19+,24-/m1/s1. The number of rotatable bonds is 5. The molecule has 14 heteroatoms. The number of hydrogen-bond acceptors (Lipinski definition) is 8. The van der Waals surface area contributed by atoms with E-state index in [1.54, 1.807) is 0 Å². The molecule has 0 unspecified atom stereocenters. The molecule has 0 spiro atoms. The highest BCUT2D eigenvalue weighted by molar-refractivity contribution is 7.91. The van der Waals surface area contributed by atoms with E-state index in [1.807, 2.05) is 12.2 Å². The minimum atomic E-state index is -3.84. The highest BCUT2D eigenvalue weighted by Gasteiger charge is 2.62. The molecule has 5 atom stereocenters. The van der Waals surface area contributed by atoms with Crippen molar-refractivity contribution in [3.05, 3.63) is 12.2 Å². The molecular formula is C24H35N5O8S. The first-order chi connectivity index (χ1) is 18.0. The van der Waals surface area contributed by atoms with E-state index >= 15 is 0 Å². The Bertz CT molecular complexity index is 1140. The molecule has 38 heavy (non-hydrogen) atoms. The maximum Gasteiger partial charge on any atom is 0.405 e. The van der Waals surface area contributed by atoms with Gasteiger partial charge in [-0.05, 0) is 51.5 Å². The smallest absolute Gasteiger partial charge is 0.405 e. The summed E-state index contributed by atoms with van der Waals surface area (Å²) in [6, 6.07) is -2.01. The second-order valence-electron chi connectivity index (χ2n) is 11.1. The van der Waals surface area contributed by atoms with Crippen molar-refractivity contribution in [1.82, 2.24) is 25.2 Å². The van der Waals surface area contributed by atoms with Crippen LogP contribution in [0.3, 0.4) is 0 Å². The first-order valence-electron chi connectivity index (χ1n) is 13.3. The van der Waals surface area contributed by atoms with Crippen LogP contribution in [0.2, 0.25) is 0 Å². The van der Waals surface area contributed by atoms with Crippen LogP contribution >= 0.6 is 0 Å². The van der Waals surface area contributed by atoms with Crippen molar-refractivity contribution in [2.45, 2.75) is 86.4 Å². The Balaban J connectivity index is 1.42. The Hall–Kier alpha value is -2.71. The summed E-state index contributed by atoms with van der Waals surface area (Å²) >= 11 is 0. The summed E-state index contributed by atoms with van der Waals surface area (Å²) in [5.41, 5.74) is -1.48. The molecule has 0 radical (unpaired) electrons. The van der Waals surface area contributed by atoms with Crippen LogP contribution in [-0.4, -0.2) is 107 Å². The Morgan fingerprint density at radius 1 is 1.13 bits per heavy atom. The topological polar surface area (TPSA) is 185 Å². The molecule has 5 aliphatic rings. The average molecular weight is 554 g/mol.